The molecule has 1 N–H and O–H groups in total. The molecule has 0 radical (unpaired) electrons. The van der Waals surface area contributed by atoms with Gasteiger partial charge in [0.25, 0.3) is 0 Å². The van der Waals surface area contributed by atoms with E-state index in [0.29, 0.717) is 5.58 Å². The first kappa shape index (κ1) is 13.0. The maximum Gasteiger partial charge on any atom is 0.371 e. The predicted molar refractivity (Wildman–Crippen MR) is 74.2 cm³/mol. The molecule has 4 heteroatoms. The van der Waals surface area contributed by atoms with Gasteiger partial charge < -0.3 is 9.52 Å². The zero-order chi connectivity index (χ0) is 13.0. The van der Waals surface area contributed by atoms with Crippen LogP contribution in [-0.4, -0.2) is 16.8 Å². The summed E-state index contributed by atoms with van der Waals surface area (Å²) in [6.07, 6.45) is 2.46. The molecule has 3 nitrogen and oxygen atoms in total. The van der Waals surface area contributed by atoms with Crippen LogP contribution in [0, 0.1) is 0 Å². The highest BCUT2D eigenvalue weighted by Gasteiger charge is 2.10. The molecule has 0 atom stereocenters. The lowest BCUT2D eigenvalue weighted by Crippen LogP contribution is -1.91. The van der Waals surface area contributed by atoms with Crippen molar-refractivity contribution in [3.05, 3.63) is 35.6 Å². The molecular weight excluding hydrogens is 248 g/mol. The molecule has 0 spiro atoms. The summed E-state index contributed by atoms with van der Waals surface area (Å²) < 4.78 is 5.22. The number of benzene rings is 1. The maximum absolute atomic E-state index is 10.8. The monoisotopic (exact) mass is 264 g/mol. The van der Waals surface area contributed by atoms with Crippen LogP contribution in [0.4, 0.5) is 0 Å². The van der Waals surface area contributed by atoms with Crippen molar-refractivity contribution in [2.75, 3.05) is 5.75 Å². The summed E-state index contributed by atoms with van der Waals surface area (Å²) in [5.41, 5.74) is 1.84. The first-order valence-electron chi connectivity index (χ1n) is 6.04. The van der Waals surface area contributed by atoms with Gasteiger partial charge in [0.15, 0.2) is 0 Å². The third kappa shape index (κ3) is 3.07. The van der Waals surface area contributed by atoms with Gasteiger partial charge >= 0.3 is 5.97 Å². The minimum absolute atomic E-state index is 0.000728. The molecule has 0 bridgehead atoms. The van der Waals surface area contributed by atoms with Crippen LogP contribution in [-0.2, 0) is 5.75 Å². The summed E-state index contributed by atoms with van der Waals surface area (Å²) in [4.78, 5) is 10.8. The van der Waals surface area contributed by atoms with Gasteiger partial charge in [-0.15, -0.1) is 0 Å². The largest absolute Gasteiger partial charge is 0.475 e. The van der Waals surface area contributed by atoms with Crippen LogP contribution in [0.3, 0.4) is 0 Å². The quantitative estimate of drug-likeness (QED) is 0.796. The Bertz CT molecular complexity index is 545. The Morgan fingerprint density at radius 2 is 2.22 bits per heavy atom. The van der Waals surface area contributed by atoms with Crippen molar-refractivity contribution < 1.29 is 14.3 Å². The fourth-order valence-electron chi connectivity index (χ4n) is 1.72. The average molecular weight is 264 g/mol. The van der Waals surface area contributed by atoms with Gasteiger partial charge in [-0.3, -0.25) is 0 Å². The first-order chi connectivity index (χ1) is 8.70. The SMILES string of the molecule is CCCCSCc1ccc2oc(C(=O)O)cc2c1. The highest BCUT2D eigenvalue weighted by atomic mass is 32.2. The molecule has 1 heterocycles. The molecule has 18 heavy (non-hydrogen) atoms. The van der Waals surface area contributed by atoms with E-state index in [1.165, 1.54) is 24.2 Å². The molecule has 0 saturated heterocycles. The van der Waals surface area contributed by atoms with E-state index in [4.69, 9.17) is 9.52 Å². The van der Waals surface area contributed by atoms with Gasteiger partial charge in [-0.05, 0) is 35.9 Å². The van der Waals surface area contributed by atoms with Crippen molar-refractivity contribution in [3.8, 4) is 0 Å². The molecular formula is C14H16O3S. The van der Waals surface area contributed by atoms with E-state index < -0.39 is 5.97 Å². The van der Waals surface area contributed by atoms with E-state index in [0.717, 1.165) is 11.1 Å². The van der Waals surface area contributed by atoms with Gasteiger partial charge in [-0.25, -0.2) is 4.79 Å². The second-order valence-corrected chi connectivity index (χ2v) is 5.30. The summed E-state index contributed by atoms with van der Waals surface area (Å²) in [6.45, 7) is 2.19. The van der Waals surface area contributed by atoms with Gasteiger partial charge in [0.2, 0.25) is 5.76 Å². The van der Waals surface area contributed by atoms with Gasteiger partial charge in [-0.1, -0.05) is 19.4 Å². The predicted octanol–water partition coefficient (Wildman–Crippen LogP) is 4.16. The second kappa shape index (κ2) is 5.96. The topological polar surface area (TPSA) is 50.4 Å². The molecule has 2 rings (SSSR count). The Morgan fingerprint density at radius 3 is 2.94 bits per heavy atom. The van der Waals surface area contributed by atoms with Crippen molar-refractivity contribution >= 4 is 28.7 Å². The number of furan rings is 1. The molecule has 1 aromatic heterocycles. The minimum Gasteiger partial charge on any atom is -0.475 e. The Balaban J connectivity index is 2.09. The van der Waals surface area contributed by atoms with Crippen LogP contribution >= 0.6 is 11.8 Å². The normalized spacial score (nSPS) is 10.9. The average Bonchev–Trinajstić information content (AvgIpc) is 2.78. The van der Waals surface area contributed by atoms with Crippen molar-refractivity contribution in [1.82, 2.24) is 0 Å². The first-order valence-corrected chi connectivity index (χ1v) is 7.19. The number of thioether (sulfide) groups is 1. The van der Waals surface area contributed by atoms with Crippen molar-refractivity contribution in [2.45, 2.75) is 25.5 Å². The summed E-state index contributed by atoms with van der Waals surface area (Å²) in [5, 5.41) is 9.72. The van der Waals surface area contributed by atoms with E-state index >= 15 is 0 Å². The van der Waals surface area contributed by atoms with E-state index in [1.54, 1.807) is 6.07 Å². The highest BCUT2D eigenvalue weighted by molar-refractivity contribution is 7.98. The molecule has 0 saturated carbocycles. The summed E-state index contributed by atoms with van der Waals surface area (Å²) in [6, 6.07) is 7.43. The van der Waals surface area contributed by atoms with Gasteiger partial charge in [0, 0.05) is 11.1 Å². The molecule has 0 aliphatic heterocycles. The number of hydrogen-bond acceptors (Lipinski definition) is 3. The van der Waals surface area contributed by atoms with Crippen molar-refractivity contribution in [3.63, 3.8) is 0 Å². The van der Waals surface area contributed by atoms with Gasteiger partial charge in [0.05, 0.1) is 0 Å². The Morgan fingerprint density at radius 1 is 1.39 bits per heavy atom. The Labute approximate surface area is 110 Å². The fraction of sp³-hybridized carbons (Fsp3) is 0.357. The zero-order valence-electron chi connectivity index (χ0n) is 10.3. The lowest BCUT2D eigenvalue weighted by molar-refractivity contribution is 0.0665. The van der Waals surface area contributed by atoms with Crippen molar-refractivity contribution in [2.24, 2.45) is 0 Å². The minimum atomic E-state index is -1.02. The van der Waals surface area contributed by atoms with Crippen molar-refractivity contribution in [1.29, 1.82) is 0 Å². The molecule has 0 fully saturated rings. The van der Waals surface area contributed by atoms with Crippen LogP contribution in [0.2, 0.25) is 0 Å². The molecule has 1 aromatic carbocycles. The third-order valence-electron chi connectivity index (χ3n) is 2.70. The van der Waals surface area contributed by atoms with Crippen LogP contribution in [0.25, 0.3) is 11.0 Å². The van der Waals surface area contributed by atoms with Crippen LogP contribution < -0.4 is 0 Å². The van der Waals surface area contributed by atoms with Crippen LogP contribution in [0.1, 0.15) is 35.9 Å². The van der Waals surface area contributed by atoms with E-state index in [-0.39, 0.29) is 5.76 Å². The number of hydrogen-bond donors (Lipinski definition) is 1. The smallest absolute Gasteiger partial charge is 0.371 e. The number of aromatic carboxylic acids is 1. The van der Waals surface area contributed by atoms with Gasteiger partial charge in [-0.2, -0.15) is 11.8 Å². The molecule has 2 aromatic rings. The maximum atomic E-state index is 10.8. The number of carboxylic acid groups (broad SMARTS) is 1. The van der Waals surface area contributed by atoms with Crippen LogP contribution in [0.5, 0.6) is 0 Å². The molecule has 0 aliphatic carbocycles. The molecule has 0 aliphatic rings. The summed E-state index contributed by atoms with van der Waals surface area (Å²) in [7, 11) is 0. The molecule has 0 amide bonds. The molecule has 0 unspecified atom stereocenters. The molecule has 96 valence electrons. The number of carbonyl (C=O) groups is 1. The number of rotatable bonds is 6. The zero-order valence-corrected chi connectivity index (χ0v) is 11.1. The number of unbranched alkanes of at least 4 members (excludes halogenated alkanes) is 1. The van der Waals surface area contributed by atoms with E-state index in [9.17, 15) is 4.79 Å². The summed E-state index contributed by atoms with van der Waals surface area (Å²) >= 11 is 1.91. The Kier molecular flexibility index (Phi) is 4.31. The van der Waals surface area contributed by atoms with E-state index in [1.807, 2.05) is 30.0 Å². The highest BCUT2D eigenvalue weighted by Crippen LogP contribution is 2.23. The standard InChI is InChI=1S/C14H16O3S/c1-2-3-6-18-9-10-4-5-12-11(7-10)8-13(17-12)14(15)16/h4-5,7-8H,2-3,6,9H2,1H3,(H,15,16). The number of fused-ring (bicyclic) bond motifs is 1. The summed E-state index contributed by atoms with van der Waals surface area (Å²) in [5.74, 6) is 1.11. The second-order valence-electron chi connectivity index (χ2n) is 4.19. The lowest BCUT2D eigenvalue weighted by Gasteiger charge is -2.00. The van der Waals surface area contributed by atoms with E-state index in [2.05, 4.69) is 6.92 Å². The third-order valence-corrected chi connectivity index (χ3v) is 3.82. The Hall–Kier alpha value is -1.42. The van der Waals surface area contributed by atoms with Gasteiger partial charge in [0.1, 0.15) is 5.58 Å². The number of carboxylic acids is 1. The fourth-order valence-corrected chi connectivity index (χ4v) is 2.78. The van der Waals surface area contributed by atoms with Crippen LogP contribution in [0.15, 0.2) is 28.7 Å². The lowest BCUT2D eigenvalue weighted by atomic mass is 10.2.